The summed E-state index contributed by atoms with van der Waals surface area (Å²) >= 11 is 18.4. The van der Waals surface area contributed by atoms with Gasteiger partial charge in [-0.3, -0.25) is 0 Å². The molecule has 1 heterocycles. The minimum atomic E-state index is 0.362. The van der Waals surface area contributed by atoms with Gasteiger partial charge >= 0.3 is 0 Å². The molecule has 0 fully saturated rings. The van der Waals surface area contributed by atoms with Gasteiger partial charge in [0.1, 0.15) is 16.1 Å². The van der Waals surface area contributed by atoms with Gasteiger partial charge in [0.2, 0.25) is 0 Å². The van der Waals surface area contributed by atoms with Crippen molar-refractivity contribution in [2.75, 3.05) is 20.6 Å². The first kappa shape index (κ1) is 15.5. The van der Waals surface area contributed by atoms with Gasteiger partial charge in [0.15, 0.2) is 0 Å². The van der Waals surface area contributed by atoms with Crippen LogP contribution < -0.4 is 0 Å². The van der Waals surface area contributed by atoms with Gasteiger partial charge in [0.05, 0.1) is 5.56 Å². The lowest BCUT2D eigenvalue weighted by atomic mass is 10.1. The number of benzene rings is 1. The molecule has 1 aromatic carbocycles. The summed E-state index contributed by atoms with van der Waals surface area (Å²) in [5, 5.41) is 1.38. The summed E-state index contributed by atoms with van der Waals surface area (Å²) in [6.45, 7) is 0.840. The number of rotatable bonds is 4. The van der Waals surface area contributed by atoms with E-state index in [2.05, 4.69) is 14.9 Å². The number of aromatic nitrogens is 2. The highest BCUT2D eigenvalue weighted by Crippen LogP contribution is 2.32. The molecule has 1 aromatic heterocycles. The van der Waals surface area contributed by atoms with E-state index in [1.54, 1.807) is 12.1 Å². The Hall–Kier alpha value is -0.870. The van der Waals surface area contributed by atoms with Gasteiger partial charge in [-0.2, -0.15) is 0 Å². The molecule has 0 aliphatic heterocycles. The van der Waals surface area contributed by atoms with E-state index in [0.29, 0.717) is 33.1 Å². The van der Waals surface area contributed by atoms with Crippen LogP contribution in [-0.4, -0.2) is 35.5 Å². The molecule has 2 rings (SSSR count). The van der Waals surface area contributed by atoms with Crippen molar-refractivity contribution in [1.82, 2.24) is 14.9 Å². The lowest BCUT2D eigenvalue weighted by Crippen LogP contribution is -2.16. The fraction of sp³-hybridized carbons (Fsp3) is 0.286. The summed E-state index contributed by atoms with van der Waals surface area (Å²) in [6, 6.07) is 7.25. The van der Waals surface area contributed by atoms with Crippen LogP contribution in [0.2, 0.25) is 15.3 Å². The number of hydrogen-bond acceptors (Lipinski definition) is 3. The van der Waals surface area contributed by atoms with Crippen LogP contribution in [0.1, 0.15) is 5.82 Å². The average molecular weight is 331 g/mol. The fourth-order valence-corrected chi connectivity index (χ4v) is 2.51. The molecular weight excluding hydrogens is 317 g/mol. The van der Waals surface area contributed by atoms with E-state index in [0.717, 1.165) is 12.1 Å². The topological polar surface area (TPSA) is 29.0 Å². The Bertz CT molecular complexity index is 574. The maximum atomic E-state index is 6.24. The summed E-state index contributed by atoms with van der Waals surface area (Å²) in [6.07, 6.45) is 0.702. The van der Waals surface area contributed by atoms with E-state index in [1.807, 2.05) is 26.2 Å². The molecule has 2 aromatic rings. The standard InChI is InChI=1S/C14H14Cl3N3/c1-20(2)8-7-11-18-13(16)12(14(17)19-11)9-3-5-10(15)6-4-9/h3-6H,7-8H2,1-2H3. The Labute approximate surface area is 133 Å². The highest BCUT2D eigenvalue weighted by atomic mass is 35.5. The van der Waals surface area contributed by atoms with E-state index < -0.39 is 0 Å². The molecule has 0 bridgehead atoms. The molecular formula is C14H14Cl3N3. The Kier molecular flexibility index (Phi) is 5.22. The molecule has 0 atom stereocenters. The van der Waals surface area contributed by atoms with Crippen LogP contribution in [-0.2, 0) is 6.42 Å². The smallest absolute Gasteiger partial charge is 0.142 e. The van der Waals surface area contributed by atoms with Crippen molar-refractivity contribution in [2.45, 2.75) is 6.42 Å². The number of nitrogens with zero attached hydrogens (tertiary/aromatic N) is 3. The molecule has 106 valence electrons. The van der Waals surface area contributed by atoms with Crippen LogP contribution >= 0.6 is 34.8 Å². The first-order valence-corrected chi connectivity index (χ1v) is 7.23. The van der Waals surface area contributed by atoms with Gasteiger partial charge in [0.25, 0.3) is 0 Å². The summed E-state index contributed by atoms with van der Waals surface area (Å²) in [5.41, 5.74) is 1.49. The summed E-state index contributed by atoms with van der Waals surface area (Å²) in [5.74, 6) is 0.645. The van der Waals surface area contributed by atoms with Gasteiger partial charge in [-0.15, -0.1) is 0 Å². The Morgan fingerprint density at radius 1 is 0.950 bits per heavy atom. The molecule has 6 heteroatoms. The zero-order valence-corrected chi connectivity index (χ0v) is 13.5. The predicted molar refractivity (Wildman–Crippen MR) is 84.8 cm³/mol. The van der Waals surface area contributed by atoms with Gasteiger partial charge in [0, 0.05) is 18.0 Å². The van der Waals surface area contributed by atoms with Gasteiger partial charge < -0.3 is 4.90 Å². The van der Waals surface area contributed by atoms with Gasteiger partial charge in [-0.25, -0.2) is 9.97 Å². The Morgan fingerprint density at radius 3 is 2.00 bits per heavy atom. The van der Waals surface area contributed by atoms with Crippen molar-refractivity contribution in [2.24, 2.45) is 0 Å². The summed E-state index contributed by atoms with van der Waals surface area (Å²) in [7, 11) is 3.98. The van der Waals surface area contributed by atoms with Gasteiger partial charge in [-0.1, -0.05) is 46.9 Å². The van der Waals surface area contributed by atoms with Gasteiger partial charge in [-0.05, 0) is 31.8 Å². The first-order valence-electron chi connectivity index (χ1n) is 6.10. The van der Waals surface area contributed by atoms with Crippen molar-refractivity contribution >= 4 is 34.8 Å². The average Bonchev–Trinajstić information content (AvgIpc) is 2.38. The molecule has 20 heavy (non-hydrogen) atoms. The lowest BCUT2D eigenvalue weighted by molar-refractivity contribution is 0.409. The van der Waals surface area contributed by atoms with E-state index in [4.69, 9.17) is 34.8 Å². The third-order valence-corrected chi connectivity index (χ3v) is 3.58. The molecule has 0 aliphatic rings. The third-order valence-electron chi connectivity index (χ3n) is 2.78. The van der Waals surface area contributed by atoms with Crippen LogP contribution in [0.3, 0.4) is 0 Å². The molecule has 0 aliphatic carbocycles. The predicted octanol–water partition coefficient (Wildman–Crippen LogP) is 4.21. The second-order valence-electron chi connectivity index (χ2n) is 4.66. The van der Waals surface area contributed by atoms with E-state index in [-0.39, 0.29) is 0 Å². The molecule has 0 N–H and O–H groups in total. The molecule has 0 spiro atoms. The van der Waals surface area contributed by atoms with Crippen LogP contribution in [0, 0.1) is 0 Å². The highest BCUT2D eigenvalue weighted by Gasteiger charge is 2.13. The normalized spacial score (nSPS) is 11.1. The van der Waals surface area contributed by atoms with Crippen molar-refractivity contribution in [1.29, 1.82) is 0 Å². The molecule has 0 unspecified atom stereocenters. The van der Waals surface area contributed by atoms with Crippen molar-refractivity contribution in [3.05, 3.63) is 45.4 Å². The van der Waals surface area contributed by atoms with Crippen molar-refractivity contribution in [3.63, 3.8) is 0 Å². The van der Waals surface area contributed by atoms with E-state index in [9.17, 15) is 0 Å². The van der Waals surface area contributed by atoms with Crippen molar-refractivity contribution < 1.29 is 0 Å². The maximum absolute atomic E-state index is 6.24. The number of likely N-dealkylation sites (N-methyl/N-ethyl adjacent to an activating group) is 1. The second kappa shape index (κ2) is 6.72. The zero-order chi connectivity index (χ0) is 14.7. The third kappa shape index (κ3) is 3.83. The first-order chi connectivity index (χ1) is 9.47. The monoisotopic (exact) mass is 329 g/mol. The van der Waals surface area contributed by atoms with E-state index in [1.165, 1.54) is 0 Å². The quantitative estimate of drug-likeness (QED) is 0.786. The minimum absolute atomic E-state index is 0.362. The molecule has 0 radical (unpaired) electrons. The van der Waals surface area contributed by atoms with Crippen LogP contribution in [0.15, 0.2) is 24.3 Å². The lowest BCUT2D eigenvalue weighted by Gasteiger charge is -2.11. The fourth-order valence-electron chi connectivity index (χ4n) is 1.74. The van der Waals surface area contributed by atoms with Crippen LogP contribution in [0.4, 0.5) is 0 Å². The molecule has 3 nitrogen and oxygen atoms in total. The van der Waals surface area contributed by atoms with Crippen molar-refractivity contribution in [3.8, 4) is 11.1 Å². The molecule has 0 saturated carbocycles. The van der Waals surface area contributed by atoms with Crippen LogP contribution in [0.25, 0.3) is 11.1 Å². The Balaban J connectivity index is 2.33. The summed E-state index contributed by atoms with van der Waals surface area (Å²) < 4.78 is 0. The summed E-state index contributed by atoms with van der Waals surface area (Å²) in [4.78, 5) is 10.7. The van der Waals surface area contributed by atoms with E-state index >= 15 is 0 Å². The SMILES string of the molecule is CN(C)CCc1nc(Cl)c(-c2ccc(Cl)cc2)c(Cl)n1. The minimum Gasteiger partial charge on any atom is -0.309 e. The number of hydrogen-bond donors (Lipinski definition) is 0. The van der Waals surface area contributed by atoms with Crippen LogP contribution in [0.5, 0.6) is 0 Å². The zero-order valence-electron chi connectivity index (χ0n) is 11.2. The largest absolute Gasteiger partial charge is 0.309 e. The molecule has 0 amide bonds. The maximum Gasteiger partial charge on any atom is 0.142 e. The Morgan fingerprint density at radius 2 is 1.50 bits per heavy atom. The highest BCUT2D eigenvalue weighted by molar-refractivity contribution is 6.37. The second-order valence-corrected chi connectivity index (χ2v) is 5.81. The molecule has 0 saturated heterocycles. The number of halogens is 3.